The monoisotopic (exact) mass is 402 g/mol. The molecule has 1 aromatic carbocycles. The van der Waals surface area contributed by atoms with E-state index in [2.05, 4.69) is 4.98 Å². The molecule has 156 valence electrons. The first-order valence-corrected chi connectivity index (χ1v) is 9.43. The molecule has 3 atom stereocenters. The lowest BCUT2D eigenvalue weighted by Gasteiger charge is -2.34. The molecule has 0 radical (unpaired) electrons. The van der Waals surface area contributed by atoms with E-state index in [0.717, 1.165) is 5.56 Å². The highest BCUT2D eigenvalue weighted by atomic mass is 16.3. The van der Waals surface area contributed by atoms with Gasteiger partial charge in [-0.2, -0.15) is 0 Å². The van der Waals surface area contributed by atoms with Gasteiger partial charge < -0.3 is 20.8 Å². The minimum Gasteiger partial charge on any atom is -0.391 e. The molecular formula is C20H26N4O5. The fourth-order valence-corrected chi connectivity index (χ4v) is 3.75. The number of aromatic nitrogens is 2. The topological polar surface area (TPSA) is 142 Å². The summed E-state index contributed by atoms with van der Waals surface area (Å²) in [7, 11) is 0. The van der Waals surface area contributed by atoms with Crippen molar-refractivity contribution in [3.63, 3.8) is 0 Å². The van der Waals surface area contributed by atoms with E-state index in [9.17, 15) is 24.6 Å². The van der Waals surface area contributed by atoms with E-state index in [4.69, 9.17) is 5.73 Å². The van der Waals surface area contributed by atoms with Gasteiger partial charge in [0.05, 0.1) is 17.7 Å². The lowest BCUT2D eigenvalue weighted by atomic mass is 9.91. The number of likely N-dealkylation sites (tertiary alicyclic amines) is 1. The first-order valence-electron chi connectivity index (χ1n) is 9.43. The van der Waals surface area contributed by atoms with Gasteiger partial charge in [0.1, 0.15) is 0 Å². The number of aryl methyl sites for hydroxylation is 1. The van der Waals surface area contributed by atoms with Crippen molar-refractivity contribution in [1.82, 2.24) is 14.5 Å². The molecule has 2 aromatic rings. The second-order valence-corrected chi connectivity index (χ2v) is 7.82. The van der Waals surface area contributed by atoms with Crippen LogP contribution in [0, 0.1) is 6.92 Å². The Kier molecular flexibility index (Phi) is 5.74. The van der Waals surface area contributed by atoms with Crippen LogP contribution in [0.3, 0.4) is 0 Å². The van der Waals surface area contributed by atoms with Crippen molar-refractivity contribution in [2.75, 3.05) is 13.1 Å². The van der Waals surface area contributed by atoms with Crippen molar-refractivity contribution in [1.29, 1.82) is 0 Å². The van der Waals surface area contributed by atoms with Gasteiger partial charge in [-0.15, -0.1) is 0 Å². The fraction of sp³-hybridized carbons (Fsp3) is 0.450. The minimum absolute atomic E-state index is 0.00702. The zero-order valence-electron chi connectivity index (χ0n) is 16.5. The summed E-state index contributed by atoms with van der Waals surface area (Å²) in [5.74, 6) is -0.329. The highest BCUT2D eigenvalue weighted by Gasteiger charge is 2.42. The Morgan fingerprint density at radius 2 is 1.93 bits per heavy atom. The highest BCUT2D eigenvalue weighted by molar-refractivity contribution is 5.94. The maximum atomic E-state index is 13.0. The summed E-state index contributed by atoms with van der Waals surface area (Å²) >= 11 is 0. The quantitative estimate of drug-likeness (QED) is 0.545. The maximum absolute atomic E-state index is 13.0. The molecule has 0 saturated carbocycles. The zero-order valence-corrected chi connectivity index (χ0v) is 16.5. The van der Waals surface area contributed by atoms with Gasteiger partial charge in [0.2, 0.25) is 0 Å². The lowest BCUT2D eigenvalue weighted by molar-refractivity contribution is -0.0240. The molecule has 29 heavy (non-hydrogen) atoms. The molecule has 1 aromatic heterocycles. The number of hydrogen-bond donors (Lipinski definition) is 4. The van der Waals surface area contributed by atoms with E-state index in [1.807, 2.05) is 0 Å². The zero-order chi connectivity index (χ0) is 21.3. The number of nitrogens with two attached hydrogens (primary N) is 1. The number of aliphatic hydroxyl groups excluding tert-OH is 1. The molecule has 1 aliphatic rings. The molecule has 9 nitrogen and oxygen atoms in total. The van der Waals surface area contributed by atoms with Crippen LogP contribution in [0.15, 0.2) is 40.1 Å². The van der Waals surface area contributed by atoms with Gasteiger partial charge in [-0.25, -0.2) is 4.79 Å². The SMILES string of the molecule is Cc1cn([C@H]2CN(C(=O)c3ccc(CN)cc3)C[C@H](O)C[C@]2(C)O)c(=O)[nH]c1=O. The summed E-state index contributed by atoms with van der Waals surface area (Å²) in [6, 6.07) is 5.97. The second kappa shape index (κ2) is 7.94. The standard InChI is InChI=1S/C20H26N4O5/c1-12-9-24(19(28)22-17(12)26)16-11-23(10-15(25)7-20(16,2)29)18(27)14-5-3-13(8-21)4-6-14/h3-6,9,15-16,25,29H,7-8,10-11,21H2,1-2H3,(H,22,26,28)/t15-,16+,20+/m1/s1. The predicted octanol–water partition coefficient (Wildman–Crippen LogP) is -0.497. The molecule has 9 heteroatoms. The van der Waals surface area contributed by atoms with E-state index < -0.39 is 29.0 Å². The van der Waals surface area contributed by atoms with Crippen molar-refractivity contribution in [2.45, 2.75) is 44.6 Å². The number of aliphatic hydroxyl groups is 2. The average molecular weight is 402 g/mol. The summed E-state index contributed by atoms with van der Waals surface area (Å²) < 4.78 is 1.23. The molecule has 0 unspecified atom stereocenters. The summed E-state index contributed by atoms with van der Waals surface area (Å²) in [4.78, 5) is 40.8. The van der Waals surface area contributed by atoms with Crippen LogP contribution in [-0.2, 0) is 6.54 Å². The van der Waals surface area contributed by atoms with Crippen LogP contribution in [-0.4, -0.2) is 55.4 Å². The normalized spacial score (nSPS) is 24.9. The van der Waals surface area contributed by atoms with E-state index in [-0.39, 0.29) is 25.4 Å². The van der Waals surface area contributed by atoms with Crippen LogP contribution in [0.2, 0.25) is 0 Å². The number of carbonyl (C=O) groups excluding carboxylic acids is 1. The number of β-amino-alcohol motifs (C(OH)–C–C–N with tert-alkyl or cyclic N) is 1. The van der Waals surface area contributed by atoms with Crippen LogP contribution in [0.25, 0.3) is 0 Å². The van der Waals surface area contributed by atoms with Crippen molar-refractivity contribution in [3.05, 3.63) is 68.0 Å². The molecule has 1 amide bonds. The molecule has 1 fully saturated rings. The second-order valence-electron chi connectivity index (χ2n) is 7.82. The Hall–Kier alpha value is -2.75. The highest BCUT2D eigenvalue weighted by Crippen LogP contribution is 2.31. The first-order chi connectivity index (χ1) is 13.6. The molecule has 2 heterocycles. The molecular weight excluding hydrogens is 376 g/mol. The number of aromatic amines is 1. The Balaban J connectivity index is 2.00. The van der Waals surface area contributed by atoms with Gasteiger partial charge >= 0.3 is 5.69 Å². The third-order valence-corrected chi connectivity index (χ3v) is 5.40. The van der Waals surface area contributed by atoms with Gasteiger partial charge in [-0.05, 0) is 31.5 Å². The molecule has 0 spiro atoms. The van der Waals surface area contributed by atoms with Crippen LogP contribution >= 0.6 is 0 Å². The smallest absolute Gasteiger partial charge is 0.328 e. The Labute approximate surface area is 167 Å². The first kappa shape index (κ1) is 21.0. The predicted molar refractivity (Wildman–Crippen MR) is 107 cm³/mol. The van der Waals surface area contributed by atoms with Gasteiger partial charge in [0.25, 0.3) is 11.5 Å². The summed E-state index contributed by atoms with van der Waals surface area (Å²) in [5.41, 5.74) is 4.53. The van der Waals surface area contributed by atoms with Crippen LogP contribution in [0.1, 0.15) is 40.9 Å². The van der Waals surface area contributed by atoms with Crippen molar-refractivity contribution in [2.24, 2.45) is 5.73 Å². The summed E-state index contributed by atoms with van der Waals surface area (Å²) in [5, 5.41) is 21.4. The largest absolute Gasteiger partial charge is 0.391 e. The number of H-pyrrole nitrogens is 1. The molecule has 0 bridgehead atoms. The van der Waals surface area contributed by atoms with Crippen LogP contribution in [0.4, 0.5) is 0 Å². The molecule has 1 saturated heterocycles. The molecule has 5 N–H and O–H groups in total. The lowest BCUT2D eigenvalue weighted by Crippen LogP contribution is -2.47. The van der Waals surface area contributed by atoms with Gasteiger partial charge in [-0.3, -0.25) is 19.1 Å². The van der Waals surface area contributed by atoms with E-state index in [1.165, 1.54) is 22.6 Å². The number of rotatable bonds is 3. The van der Waals surface area contributed by atoms with Crippen molar-refractivity contribution in [3.8, 4) is 0 Å². The number of nitrogens with zero attached hydrogens (tertiary/aromatic N) is 2. The van der Waals surface area contributed by atoms with Gasteiger partial charge in [0.15, 0.2) is 0 Å². The van der Waals surface area contributed by atoms with E-state index in [1.54, 1.807) is 31.2 Å². The average Bonchev–Trinajstić information content (AvgIpc) is 2.78. The van der Waals surface area contributed by atoms with E-state index in [0.29, 0.717) is 17.7 Å². The van der Waals surface area contributed by atoms with Gasteiger partial charge in [-0.1, -0.05) is 12.1 Å². The number of nitrogens with one attached hydrogen (secondary N) is 1. The molecule has 3 rings (SSSR count). The third kappa shape index (κ3) is 4.31. The summed E-state index contributed by atoms with van der Waals surface area (Å²) in [6.45, 7) is 3.43. The minimum atomic E-state index is -1.48. The maximum Gasteiger partial charge on any atom is 0.328 e. The van der Waals surface area contributed by atoms with Crippen LogP contribution < -0.4 is 17.0 Å². The number of hydrogen-bond acceptors (Lipinski definition) is 6. The number of carbonyl (C=O) groups is 1. The number of amides is 1. The molecule has 0 aliphatic carbocycles. The Bertz CT molecular complexity index is 1010. The fourth-order valence-electron chi connectivity index (χ4n) is 3.75. The Morgan fingerprint density at radius 1 is 1.28 bits per heavy atom. The Morgan fingerprint density at radius 3 is 2.55 bits per heavy atom. The molecule has 1 aliphatic heterocycles. The summed E-state index contributed by atoms with van der Waals surface area (Å²) in [6.07, 6.45) is 0.372. The van der Waals surface area contributed by atoms with Crippen LogP contribution in [0.5, 0.6) is 0 Å². The number of benzene rings is 1. The van der Waals surface area contributed by atoms with Crippen molar-refractivity contribution < 1.29 is 15.0 Å². The van der Waals surface area contributed by atoms with E-state index >= 15 is 0 Å². The van der Waals surface area contributed by atoms with Gasteiger partial charge in [0, 0.05) is 43.4 Å². The third-order valence-electron chi connectivity index (χ3n) is 5.40. The van der Waals surface area contributed by atoms with Crippen molar-refractivity contribution >= 4 is 5.91 Å².